The number of hydrogen-bond acceptors (Lipinski definition) is 4. The van der Waals surface area contributed by atoms with Crippen LogP contribution in [0.4, 0.5) is 0 Å². The highest BCUT2D eigenvalue weighted by Crippen LogP contribution is 2.16. The van der Waals surface area contributed by atoms with Crippen LogP contribution < -0.4 is 0 Å². The Bertz CT molecular complexity index is 323. The molecule has 2 rings (SSSR count). The summed E-state index contributed by atoms with van der Waals surface area (Å²) in [5.41, 5.74) is 0. The number of ether oxygens (including phenoxy) is 2. The Morgan fingerprint density at radius 2 is 1.62 bits per heavy atom. The second kappa shape index (κ2) is 12.7. The van der Waals surface area contributed by atoms with Crippen molar-refractivity contribution in [3.63, 3.8) is 0 Å². The van der Waals surface area contributed by atoms with Crippen LogP contribution in [0, 0.1) is 5.92 Å². The minimum Gasteiger partial charge on any atom is -0.376 e. The van der Waals surface area contributed by atoms with Crippen molar-refractivity contribution >= 4 is 5.91 Å². The van der Waals surface area contributed by atoms with Gasteiger partial charge >= 0.3 is 0 Å². The Balaban J connectivity index is 0.00000139. The van der Waals surface area contributed by atoms with E-state index in [0.717, 1.165) is 64.3 Å². The molecule has 0 bridgehead atoms. The van der Waals surface area contributed by atoms with Gasteiger partial charge in [-0.25, -0.2) is 0 Å². The largest absolute Gasteiger partial charge is 0.376 e. The Morgan fingerprint density at radius 1 is 1.00 bits per heavy atom. The van der Waals surface area contributed by atoms with E-state index in [0.29, 0.717) is 19.3 Å². The highest BCUT2D eigenvalue weighted by atomic mass is 16.5. The van der Waals surface area contributed by atoms with Gasteiger partial charge in [0.05, 0.1) is 19.3 Å². The Kier molecular flexibility index (Phi) is 11.3. The number of hydrogen-bond donors (Lipinski definition) is 0. The number of nitrogens with zero attached hydrogens (tertiary/aromatic N) is 2. The number of carbonyl (C=O) groups is 1. The minimum atomic E-state index is 0.128. The molecule has 0 unspecified atom stereocenters. The number of carbonyl (C=O) groups excluding carboxylic acids is 1. The van der Waals surface area contributed by atoms with Gasteiger partial charge in [0.2, 0.25) is 5.91 Å². The molecule has 0 aliphatic carbocycles. The molecule has 24 heavy (non-hydrogen) atoms. The average molecular weight is 343 g/mol. The van der Waals surface area contributed by atoms with Crippen molar-refractivity contribution < 1.29 is 14.3 Å². The van der Waals surface area contributed by atoms with Crippen molar-refractivity contribution in [3.05, 3.63) is 0 Å². The summed E-state index contributed by atoms with van der Waals surface area (Å²) in [4.78, 5) is 16.4. The van der Waals surface area contributed by atoms with E-state index >= 15 is 0 Å². The first-order valence-electron chi connectivity index (χ1n) is 9.88. The molecule has 2 saturated heterocycles. The summed E-state index contributed by atoms with van der Waals surface area (Å²) >= 11 is 0. The van der Waals surface area contributed by atoms with E-state index in [4.69, 9.17) is 9.47 Å². The highest BCUT2D eigenvalue weighted by molar-refractivity contribution is 5.77. The summed E-state index contributed by atoms with van der Waals surface area (Å²) < 4.78 is 11.3. The molecule has 0 N–H and O–H groups in total. The predicted molar refractivity (Wildman–Crippen MR) is 98.2 cm³/mol. The molecule has 2 aliphatic heterocycles. The molecule has 142 valence electrons. The van der Waals surface area contributed by atoms with Crippen LogP contribution in [0.2, 0.25) is 0 Å². The van der Waals surface area contributed by atoms with Crippen LogP contribution in [0.1, 0.15) is 53.4 Å². The first-order chi connectivity index (χ1) is 11.7. The van der Waals surface area contributed by atoms with Gasteiger partial charge in [-0.1, -0.05) is 27.7 Å². The molecule has 0 radical (unpaired) electrons. The van der Waals surface area contributed by atoms with Gasteiger partial charge in [-0.2, -0.15) is 0 Å². The van der Waals surface area contributed by atoms with Crippen LogP contribution in [0.3, 0.4) is 0 Å². The number of piperidine rings is 2. The molecule has 5 nitrogen and oxygen atoms in total. The summed E-state index contributed by atoms with van der Waals surface area (Å²) in [7, 11) is 0. The zero-order valence-corrected chi connectivity index (χ0v) is 16.3. The third kappa shape index (κ3) is 7.95. The van der Waals surface area contributed by atoms with Gasteiger partial charge in [-0.05, 0) is 38.1 Å². The van der Waals surface area contributed by atoms with Gasteiger partial charge in [0.1, 0.15) is 6.61 Å². The van der Waals surface area contributed by atoms with Crippen molar-refractivity contribution in [2.75, 3.05) is 52.5 Å². The minimum absolute atomic E-state index is 0.128. The highest BCUT2D eigenvalue weighted by Gasteiger charge is 2.20. The molecule has 5 heteroatoms. The molecule has 2 heterocycles. The zero-order valence-electron chi connectivity index (χ0n) is 16.3. The fourth-order valence-corrected chi connectivity index (χ4v) is 3.17. The molecule has 0 aromatic carbocycles. The van der Waals surface area contributed by atoms with Crippen LogP contribution in [0.25, 0.3) is 0 Å². The van der Waals surface area contributed by atoms with Crippen LogP contribution in [0.5, 0.6) is 0 Å². The second-order valence-corrected chi connectivity index (χ2v) is 6.62. The molecule has 1 amide bonds. The predicted octanol–water partition coefficient (Wildman–Crippen LogP) is 2.79. The number of amides is 1. The van der Waals surface area contributed by atoms with Crippen molar-refractivity contribution in [1.82, 2.24) is 9.80 Å². The summed E-state index contributed by atoms with van der Waals surface area (Å²) in [6.07, 6.45) is 4.82. The van der Waals surface area contributed by atoms with Gasteiger partial charge in [0.15, 0.2) is 0 Å². The molecule has 2 aliphatic rings. The van der Waals surface area contributed by atoms with Gasteiger partial charge in [-0.15, -0.1) is 0 Å². The topological polar surface area (TPSA) is 42.0 Å². The van der Waals surface area contributed by atoms with Gasteiger partial charge < -0.3 is 19.3 Å². The standard InChI is InChI=1S/C17H32N2O3.C2H6/c1-3-18-8-6-16(7-9-18)22-13-12-21-14-17(20)19-10-4-15(2)5-11-19;1-2/h15-16H,3-14H2,1-2H3;1-2H3. The van der Waals surface area contributed by atoms with Gasteiger partial charge in [0, 0.05) is 26.2 Å². The van der Waals surface area contributed by atoms with E-state index in [9.17, 15) is 4.79 Å². The summed E-state index contributed by atoms with van der Waals surface area (Å²) in [6.45, 7) is 14.9. The molecule has 0 aromatic heterocycles. The summed E-state index contributed by atoms with van der Waals surface area (Å²) in [5, 5.41) is 0. The van der Waals surface area contributed by atoms with Crippen LogP contribution in [-0.2, 0) is 14.3 Å². The maximum atomic E-state index is 12.0. The lowest BCUT2D eigenvalue weighted by molar-refractivity contribution is -0.138. The lowest BCUT2D eigenvalue weighted by Crippen LogP contribution is -2.40. The molecular weight excluding hydrogens is 304 g/mol. The maximum Gasteiger partial charge on any atom is 0.248 e. The van der Waals surface area contributed by atoms with E-state index in [1.54, 1.807) is 0 Å². The number of rotatable bonds is 7. The molecule has 0 atom stereocenters. The van der Waals surface area contributed by atoms with Crippen molar-refractivity contribution in [3.8, 4) is 0 Å². The Labute approximate surface area is 148 Å². The molecular formula is C19H38N2O3. The van der Waals surface area contributed by atoms with Crippen LogP contribution in [-0.4, -0.2) is 74.4 Å². The van der Waals surface area contributed by atoms with Crippen molar-refractivity contribution in [1.29, 1.82) is 0 Å². The fraction of sp³-hybridized carbons (Fsp3) is 0.947. The average Bonchev–Trinajstić information content (AvgIpc) is 2.64. The fourth-order valence-electron chi connectivity index (χ4n) is 3.17. The van der Waals surface area contributed by atoms with E-state index in [1.807, 2.05) is 18.7 Å². The van der Waals surface area contributed by atoms with E-state index in [2.05, 4.69) is 18.7 Å². The van der Waals surface area contributed by atoms with Crippen molar-refractivity contribution in [2.24, 2.45) is 5.92 Å². The first kappa shape index (κ1) is 21.4. The smallest absolute Gasteiger partial charge is 0.248 e. The third-order valence-electron chi connectivity index (χ3n) is 4.92. The first-order valence-corrected chi connectivity index (χ1v) is 9.88. The molecule has 0 saturated carbocycles. The maximum absolute atomic E-state index is 12.0. The quantitative estimate of drug-likeness (QED) is 0.667. The van der Waals surface area contributed by atoms with E-state index < -0.39 is 0 Å². The lowest BCUT2D eigenvalue weighted by atomic mass is 9.99. The van der Waals surface area contributed by atoms with Gasteiger partial charge in [0.25, 0.3) is 0 Å². The molecule has 0 spiro atoms. The monoisotopic (exact) mass is 342 g/mol. The van der Waals surface area contributed by atoms with Crippen LogP contribution in [0.15, 0.2) is 0 Å². The van der Waals surface area contributed by atoms with E-state index in [1.165, 1.54) is 0 Å². The Hall–Kier alpha value is -0.650. The zero-order chi connectivity index (χ0) is 17.8. The SMILES string of the molecule is CC.CCN1CCC(OCCOCC(=O)N2CCC(C)CC2)CC1. The second-order valence-electron chi connectivity index (χ2n) is 6.62. The normalized spacial score (nSPS) is 20.6. The molecule has 2 fully saturated rings. The van der Waals surface area contributed by atoms with E-state index in [-0.39, 0.29) is 12.5 Å². The van der Waals surface area contributed by atoms with Gasteiger partial charge in [-0.3, -0.25) is 4.79 Å². The number of likely N-dealkylation sites (tertiary alicyclic amines) is 2. The van der Waals surface area contributed by atoms with Crippen LogP contribution >= 0.6 is 0 Å². The lowest BCUT2D eigenvalue weighted by Gasteiger charge is -2.31. The summed E-state index contributed by atoms with van der Waals surface area (Å²) in [6, 6.07) is 0. The Morgan fingerprint density at radius 3 is 2.21 bits per heavy atom. The molecule has 0 aromatic rings. The third-order valence-corrected chi connectivity index (χ3v) is 4.92. The summed E-state index contributed by atoms with van der Waals surface area (Å²) in [5.74, 6) is 0.876. The van der Waals surface area contributed by atoms with Crippen molar-refractivity contribution in [2.45, 2.75) is 59.5 Å².